The molecule has 0 saturated carbocycles. The van der Waals surface area contributed by atoms with Crippen LogP contribution < -0.4 is 21.3 Å². The van der Waals surface area contributed by atoms with Gasteiger partial charge in [-0.3, -0.25) is 14.4 Å². The molecule has 12 nitrogen and oxygen atoms in total. The quantitative estimate of drug-likeness (QED) is 0.0329. The molecule has 12 heteroatoms. The summed E-state index contributed by atoms with van der Waals surface area (Å²) in [5.41, 5.74) is 2.54. The zero-order chi connectivity index (χ0) is 47.2. The normalized spacial score (nSPS) is 13.2. The average molecular weight is 890 g/mol. The van der Waals surface area contributed by atoms with Gasteiger partial charge >= 0.3 is 12.1 Å². The molecule has 0 aliphatic carbocycles. The molecule has 0 bridgehead atoms. The second-order valence-electron chi connectivity index (χ2n) is 18.1. The highest BCUT2D eigenvalue weighted by Crippen LogP contribution is 2.17. The Balaban J connectivity index is 1.56. The number of ketones is 1. The number of nitrogens with one attached hydrogen (secondary N) is 4. The van der Waals surface area contributed by atoms with Gasteiger partial charge < -0.3 is 36.0 Å². The first-order valence-electron chi connectivity index (χ1n) is 23.2. The third-order valence-electron chi connectivity index (χ3n) is 11.0. The first kappa shape index (κ1) is 51.6. The van der Waals surface area contributed by atoms with Crippen LogP contribution in [0.15, 0.2) is 115 Å². The van der Waals surface area contributed by atoms with Gasteiger partial charge in [-0.25, -0.2) is 9.59 Å². The number of benzene rings is 4. The van der Waals surface area contributed by atoms with Crippen LogP contribution >= 0.6 is 0 Å². The lowest BCUT2D eigenvalue weighted by molar-refractivity contribution is -0.130. The third kappa shape index (κ3) is 18.6. The number of hydrogen-bond donors (Lipinski definition) is 5. The molecule has 65 heavy (non-hydrogen) atoms. The molecule has 4 atom stereocenters. The van der Waals surface area contributed by atoms with E-state index in [1.54, 1.807) is 77.1 Å². The van der Waals surface area contributed by atoms with Crippen molar-refractivity contribution in [3.05, 3.63) is 143 Å². The second kappa shape index (κ2) is 26.7. The maximum absolute atomic E-state index is 14.4. The maximum Gasteiger partial charge on any atom is 0.407 e. The molecule has 0 spiro atoms. The summed E-state index contributed by atoms with van der Waals surface area (Å²) in [5, 5.41) is 23.5. The summed E-state index contributed by atoms with van der Waals surface area (Å²) in [6.45, 7) is 11.4. The van der Waals surface area contributed by atoms with E-state index in [4.69, 9.17) is 4.74 Å². The fourth-order valence-electron chi connectivity index (χ4n) is 7.46. The molecule has 4 unspecified atom stereocenters. The number of carbonyl (C=O) groups excluding carboxylic acids is 5. The van der Waals surface area contributed by atoms with Crippen molar-refractivity contribution < 1.29 is 33.8 Å². The van der Waals surface area contributed by atoms with Gasteiger partial charge in [0, 0.05) is 30.6 Å². The lowest BCUT2D eigenvalue weighted by Gasteiger charge is -2.33. The molecule has 0 aromatic heterocycles. The Hall–Kier alpha value is -6.01. The Morgan fingerprint density at radius 2 is 1.22 bits per heavy atom. The van der Waals surface area contributed by atoms with E-state index in [0.717, 1.165) is 36.8 Å². The van der Waals surface area contributed by atoms with E-state index in [9.17, 15) is 29.1 Å². The first-order valence-corrected chi connectivity index (χ1v) is 23.2. The Labute approximate surface area is 386 Å². The van der Waals surface area contributed by atoms with Gasteiger partial charge in [-0.2, -0.15) is 0 Å². The van der Waals surface area contributed by atoms with E-state index in [-0.39, 0.29) is 37.6 Å². The van der Waals surface area contributed by atoms with Crippen LogP contribution in [0, 0.1) is 5.92 Å². The molecule has 350 valence electrons. The van der Waals surface area contributed by atoms with E-state index >= 15 is 0 Å². The molecule has 0 fully saturated rings. The van der Waals surface area contributed by atoms with Crippen LogP contribution in [0.1, 0.15) is 119 Å². The van der Waals surface area contributed by atoms with Crippen LogP contribution in [0.4, 0.5) is 9.59 Å². The zero-order valence-corrected chi connectivity index (χ0v) is 39.2. The highest BCUT2D eigenvalue weighted by atomic mass is 16.6. The lowest BCUT2D eigenvalue weighted by atomic mass is 9.97. The number of ether oxygens (including phenoxy) is 1. The van der Waals surface area contributed by atoms with Crippen molar-refractivity contribution in [1.82, 2.24) is 26.2 Å². The van der Waals surface area contributed by atoms with Gasteiger partial charge in [0.1, 0.15) is 17.7 Å². The van der Waals surface area contributed by atoms with Gasteiger partial charge in [0.15, 0.2) is 5.78 Å². The van der Waals surface area contributed by atoms with Crippen molar-refractivity contribution >= 4 is 29.7 Å². The number of alkyl carbamates (subject to hydrolysis) is 1. The van der Waals surface area contributed by atoms with Crippen LogP contribution in [0.25, 0.3) is 0 Å². The van der Waals surface area contributed by atoms with Gasteiger partial charge in [-0.1, -0.05) is 168 Å². The molecule has 5 N–H and O–H groups in total. The third-order valence-corrected chi connectivity index (χ3v) is 11.0. The zero-order valence-electron chi connectivity index (χ0n) is 39.2. The number of hydrogen-bond acceptors (Lipinski definition) is 7. The van der Waals surface area contributed by atoms with Crippen molar-refractivity contribution in [2.24, 2.45) is 5.92 Å². The molecular weight excluding hydrogens is 819 g/mol. The van der Waals surface area contributed by atoms with Crippen molar-refractivity contribution in [2.45, 2.75) is 136 Å². The lowest BCUT2D eigenvalue weighted by Crippen LogP contribution is -2.58. The highest BCUT2D eigenvalue weighted by molar-refractivity contribution is 6.09. The molecule has 0 saturated heterocycles. The fourth-order valence-corrected chi connectivity index (χ4v) is 7.46. The number of unbranched alkanes of at least 4 members (excludes halogenated alkanes) is 6. The first-order chi connectivity index (χ1) is 31.1. The summed E-state index contributed by atoms with van der Waals surface area (Å²) in [7, 11) is 0. The maximum atomic E-state index is 14.4. The number of nitrogens with zero attached hydrogens (tertiary/aromatic N) is 1. The topological polar surface area (TPSA) is 166 Å². The number of aliphatic hydroxyl groups is 1. The molecule has 0 aliphatic heterocycles. The minimum absolute atomic E-state index is 0.0857. The van der Waals surface area contributed by atoms with E-state index < -0.39 is 53.8 Å². The van der Waals surface area contributed by atoms with Crippen molar-refractivity contribution in [1.29, 1.82) is 0 Å². The molecule has 4 rings (SSSR count). The SMILES string of the molecule is CCCCCCCCCNC(=O)C(Cc1cccc(C(=O)c2ccccc2)c1)NC(=O)C(NC(=O)N(Cc1ccccc1)CC(O)C(Cc1ccccc1)NC(=O)OC(C)(C)C)C(C)C. The van der Waals surface area contributed by atoms with Crippen LogP contribution in [0.5, 0.6) is 0 Å². The van der Waals surface area contributed by atoms with Gasteiger partial charge in [0.2, 0.25) is 11.8 Å². The van der Waals surface area contributed by atoms with Crippen molar-refractivity contribution in [3.8, 4) is 0 Å². The van der Waals surface area contributed by atoms with Crippen LogP contribution in [-0.4, -0.2) is 82.6 Å². The molecule has 4 aromatic carbocycles. The molecule has 0 heterocycles. The predicted octanol–water partition coefficient (Wildman–Crippen LogP) is 8.55. The summed E-state index contributed by atoms with van der Waals surface area (Å²) in [5.74, 6) is -1.50. The monoisotopic (exact) mass is 890 g/mol. The number of aliphatic hydroxyl groups excluding tert-OH is 1. The Morgan fingerprint density at radius 1 is 0.646 bits per heavy atom. The predicted molar refractivity (Wildman–Crippen MR) is 256 cm³/mol. The smallest absolute Gasteiger partial charge is 0.407 e. The van der Waals surface area contributed by atoms with E-state index in [0.29, 0.717) is 23.2 Å². The van der Waals surface area contributed by atoms with E-state index in [1.807, 2.05) is 72.8 Å². The van der Waals surface area contributed by atoms with Gasteiger partial charge in [0.25, 0.3) is 0 Å². The average Bonchev–Trinajstić information content (AvgIpc) is 3.28. The van der Waals surface area contributed by atoms with Crippen LogP contribution in [0.3, 0.4) is 0 Å². The minimum Gasteiger partial charge on any atom is -0.444 e. The number of rotatable bonds is 25. The molecule has 4 aromatic rings. The molecular formula is C53H71N5O7. The summed E-state index contributed by atoms with van der Waals surface area (Å²) in [6, 6.07) is 31.1. The standard InChI is InChI=1S/C53H71N5O7/c1-7-8-9-10-11-12-22-32-54-49(61)45(35-41-28-23-31-43(33-41)48(60)42-29-20-15-21-30-42)55-50(62)47(38(2)3)57-51(63)58(36-40-26-18-14-19-27-40)37-46(59)44(34-39-24-16-13-17-25-39)56-52(64)65-53(4,5)6/h13-21,23-31,33,38,44-47,59H,7-12,22,32,34-37H2,1-6H3,(H,54,61)(H,55,62)(H,56,64)(H,57,63). The van der Waals surface area contributed by atoms with Gasteiger partial charge in [-0.15, -0.1) is 0 Å². The summed E-state index contributed by atoms with van der Waals surface area (Å²) >= 11 is 0. The molecule has 0 aliphatic rings. The Kier molecular flexibility index (Phi) is 21.2. The van der Waals surface area contributed by atoms with E-state index in [2.05, 4.69) is 28.2 Å². The van der Waals surface area contributed by atoms with Gasteiger partial charge in [0.05, 0.1) is 18.7 Å². The fraction of sp³-hybridized carbons (Fsp3) is 0.453. The highest BCUT2D eigenvalue weighted by Gasteiger charge is 2.33. The number of urea groups is 1. The largest absolute Gasteiger partial charge is 0.444 e. The number of amides is 5. The molecule has 0 radical (unpaired) electrons. The molecule has 5 amide bonds. The van der Waals surface area contributed by atoms with Crippen LogP contribution in [0.2, 0.25) is 0 Å². The summed E-state index contributed by atoms with van der Waals surface area (Å²) in [6.07, 6.45) is 5.99. The van der Waals surface area contributed by atoms with Crippen molar-refractivity contribution in [2.75, 3.05) is 13.1 Å². The van der Waals surface area contributed by atoms with E-state index in [1.165, 1.54) is 24.2 Å². The summed E-state index contributed by atoms with van der Waals surface area (Å²) in [4.78, 5) is 70.5. The second-order valence-corrected chi connectivity index (χ2v) is 18.1. The Morgan fingerprint density at radius 3 is 1.83 bits per heavy atom. The van der Waals surface area contributed by atoms with Crippen molar-refractivity contribution in [3.63, 3.8) is 0 Å². The van der Waals surface area contributed by atoms with Gasteiger partial charge in [-0.05, 0) is 62.3 Å². The number of carbonyl (C=O) groups is 5. The van der Waals surface area contributed by atoms with Crippen LogP contribution in [-0.2, 0) is 33.7 Å². The Bertz CT molecular complexity index is 2070. The minimum atomic E-state index is -1.25. The summed E-state index contributed by atoms with van der Waals surface area (Å²) < 4.78 is 5.54.